The quantitative estimate of drug-likeness (QED) is 0.120. The van der Waals surface area contributed by atoms with Gasteiger partial charge < -0.3 is 39.1 Å². The van der Waals surface area contributed by atoms with Gasteiger partial charge in [-0.25, -0.2) is 4.79 Å². The molecule has 2 aromatic heterocycles. The first-order valence-electron chi connectivity index (χ1n) is 11.8. The summed E-state index contributed by atoms with van der Waals surface area (Å²) >= 11 is 0. The number of benzene rings is 3. The largest absolute Gasteiger partial charge is 0.507 e. The van der Waals surface area contributed by atoms with E-state index in [1.54, 1.807) is 24.3 Å². The van der Waals surface area contributed by atoms with E-state index < -0.39 is 46.3 Å². The maximum absolute atomic E-state index is 13.2. The molecule has 3 aromatic carbocycles. The van der Waals surface area contributed by atoms with Gasteiger partial charge in [-0.05, 0) is 42.5 Å². The Kier molecular flexibility index (Phi) is 5.51. The van der Waals surface area contributed by atoms with Gasteiger partial charge in [-0.1, -0.05) is 12.1 Å². The lowest BCUT2D eigenvalue weighted by molar-refractivity contribution is -0.135. The number of fused-ring (bicyclic) bond motifs is 3. The van der Waals surface area contributed by atoms with Gasteiger partial charge in [0.2, 0.25) is 11.2 Å². The number of furan rings is 1. The van der Waals surface area contributed by atoms with E-state index in [1.165, 1.54) is 18.2 Å². The fourth-order valence-electron chi connectivity index (χ4n) is 4.76. The molecule has 40 heavy (non-hydrogen) atoms. The van der Waals surface area contributed by atoms with Gasteiger partial charge in [-0.3, -0.25) is 9.59 Å². The Morgan fingerprint density at radius 1 is 0.800 bits per heavy atom. The molecule has 0 bridgehead atoms. The topological polar surface area (TPSA) is 188 Å². The van der Waals surface area contributed by atoms with E-state index in [0.29, 0.717) is 17.1 Å². The van der Waals surface area contributed by atoms with Crippen LogP contribution in [0.1, 0.15) is 34.0 Å². The predicted octanol–water partition coefficient (Wildman–Crippen LogP) is 4.68. The summed E-state index contributed by atoms with van der Waals surface area (Å²) in [5.74, 6) is -4.69. The zero-order chi connectivity index (χ0) is 28.3. The molecule has 0 spiro atoms. The van der Waals surface area contributed by atoms with E-state index in [4.69, 9.17) is 18.7 Å². The molecule has 0 saturated carbocycles. The van der Waals surface area contributed by atoms with Crippen LogP contribution in [0.4, 0.5) is 0 Å². The first-order valence-corrected chi connectivity index (χ1v) is 11.8. The van der Waals surface area contributed by atoms with Gasteiger partial charge in [0.1, 0.15) is 34.0 Å². The van der Waals surface area contributed by atoms with Crippen molar-refractivity contribution in [3.8, 4) is 51.4 Å². The number of esters is 1. The van der Waals surface area contributed by atoms with E-state index in [9.17, 15) is 34.8 Å². The number of phenols is 3. The number of phenolic OH excluding ortho intramolecular Hbond substituents is 3. The minimum atomic E-state index is -1.08. The fourth-order valence-corrected chi connectivity index (χ4v) is 4.76. The lowest BCUT2D eigenvalue weighted by Gasteiger charge is -2.24. The number of ether oxygens (including phenoxy) is 1. The van der Waals surface area contributed by atoms with Crippen LogP contribution in [0.15, 0.2) is 74.3 Å². The number of carbonyl (C=O) groups excluding carboxylic acids is 1. The van der Waals surface area contributed by atoms with Crippen LogP contribution >= 0.6 is 0 Å². The van der Waals surface area contributed by atoms with Gasteiger partial charge in [-0.15, -0.1) is 0 Å². The predicted molar refractivity (Wildman–Crippen MR) is 138 cm³/mol. The summed E-state index contributed by atoms with van der Waals surface area (Å²) in [5.41, 5.74) is -0.215. The molecule has 0 aliphatic carbocycles. The summed E-state index contributed by atoms with van der Waals surface area (Å²) in [6.45, 7) is 0. The Labute approximate surface area is 223 Å². The molecule has 0 saturated heterocycles. The van der Waals surface area contributed by atoms with E-state index >= 15 is 0 Å². The second kappa shape index (κ2) is 8.95. The number of aromatic hydroxyl groups is 4. The van der Waals surface area contributed by atoms with Crippen LogP contribution < -0.4 is 10.2 Å². The van der Waals surface area contributed by atoms with E-state index in [-0.39, 0.29) is 45.6 Å². The zero-order valence-corrected chi connectivity index (χ0v) is 20.2. The van der Waals surface area contributed by atoms with Crippen LogP contribution in [0, 0.1) is 0 Å². The van der Waals surface area contributed by atoms with Crippen molar-refractivity contribution in [1.29, 1.82) is 0 Å². The van der Waals surface area contributed by atoms with Crippen LogP contribution in [-0.4, -0.2) is 37.5 Å². The molecule has 11 heteroatoms. The van der Waals surface area contributed by atoms with Crippen molar-refractivity contribution < 1.29 is 48.7 Å². The highest BCUT2D eigenvalue weighted by atomic mass is 16.5. The Morgan fingerprint density at radius 2 is 1.52 bits per heavy atom. The molecule has 0 fully saturated rings. The first kappa shape index (κ1) is 24.6. The molecule has 0 radical (unpaired) electrons. The molecule has 1 aliphatic rings. The molecular weight excluding hydrogens is 524 g/mol. The van der Waals surface area contributed by atoms with Gasteiger partial charge in [0.15, 0.2) is 17.3 Å². The smallest absolute Gasteiger partial charge is 0.335 e. The highest BCUT2D eigenvalue weighted by Crippen LogP contribution is 2.48. The van der Waals surface area contributed by atoms with Gasteiger partial charge in [0.25, 0.3) is 0 Å². The van der Waals surface area contributed by atoms with Crippen LogP contribution in [0.3, 0.4) is 0 Å². The van der Waals surface area contributed by atoms with Crippen molar-refractivity contribution in [3.05, 3.63) is 87.8 Å². The molecule has 3 heterocycles. The minimum absolute atomic E-state index is 0.0540. The van der Waals surface area contributed by atoms with E-state index in [1.807, 2.05) is 0 Å². The molecular formula is C29H18O11. The molecule has 5 aromatic rings. The lowest BCUT2D eigenvalue weighted by Crippen LogP contribution is -2.21. The molecule has 1 atom stereocenters. The van der Waals surface area contributed by atoms with Gasteiger partial charge >= 0.3 is 11.9 Å². The first-order chi connectivity index (χ1) is 19.1. The number of hydrogen-bond acceptors (Lipinski definition) is 10. The second-order valence-corrected chi connectivity index (χ2v) is 9.14. The number of rotatable bonds is 4. The van der Waals surface area contributed by atoms with Crippen LogP contribution in [0.25, 0.3) is 33.6 Å². The Morgan fingerprint density at radius 3 is 2.23 bits per heavy atom. The molecule has 200 valence electrons. The number of carbonyl (C=O) groups is 2. The van der Waals surface area contributed by atoms with Crippen molar-refractivity contribution in [2.24, 2.45) is 0 Å². The molecule has 5 N–H and O–H groups in total. The van der Waals surface area contributed by atoms with Crippen molar-refractivity contribution in [2.75, 3.05) is 0 Å². The molecule has 6 rings (SSSR count). The molecule has 0 unspecified atom stereocenters. The Balaban J connectivity index is 1.54. The van der Waals surface area contributed by atoms with Crippen LogP contribution in [0.5, 0.6) is 28.7 Å². The normalized spacial score (nSPS) is 14.6. The number of hydrogen-bond donors (Lipinski definition) is 5. The molecule has 0 amide bonds. The summed E-state index contributed by atoms with van der Waals surface area (Å²) in [6, 6.07) is 13.9. The summed E-state index contributed by atoms with van der Waals surface area (Å²) < 4.78 is 17.4. The zero-order valence-electron chi connectivity index (χ0n) is 20.2. The van der Waals surface area contributed by atoms with Crippen LogP contribution in [-0.2, 0) is 4.79 Å². The highest BCUT2D eigenvalue weighted by molar-refractivity contribution is 5.94. The SMILES string of the molecule is O=C1C[C@H](c2ccc(-c3ccc(C(=O)O)cc3)o2)c2c(cc(O)c3c(=O)c(O)c(-c4ccc(O)c(O)c4)oc23)O1. The van der Waals surface area contributed by atoms with E-state index in [0.717, 1.165) is 18.2 Å². The summed E-state index contributed by atoms with van der Waals surface area (Å²) in [6.07, 6.45) is -0.211. The summed E-state index contributed by atoms with van der Waals surface area (Å²) in [4.78, 5) is 36.9. The molecule has 1 aliphatic heterocycles. The highest BCUT2D eigenvalue weighted by Gasteiger charge is 2.36. The minimum Gasteiger partial charge on any atom is -0.507 e. The second-order valence-electron chi connectivity index (χ2n) is 9.14. The lowest BCUT2D eigenvalue weighted by atomic mass is 9.88. The average molecular weight is 542 g/mol. The van der Waals surface area contributed by atoms with Crippen molar-refractivity contribution in [3.63, 3.8) is 0 Å². The number of carboxylic acids is 1. The Hall–Kier alpha value is -5.71. The third-order valence-corrected chi connectivity index (χ3v) is 6.69. The third kappa shape index (κ3) is 3.88. The van der Waals surface area contributed by atoms with Gasteiger partial charge in [0, 0.05) is 22.8 Å². The average Bonchev–Trinajstić information content (AvgIpc) is 3.42. The van der Waals surface area contributed by atoms with E-state index in [2.05, 4.69) is 0 Å². The van der Waals surface area contributed by atoms with Gasteiger partial charge in [0.05, 0.1) is 17.9 Å². The van der Waals surface area contributed by atoms with Crippen molar-refractivity contribution >= 4 is 22.9 Å². The third-order valence-electron chi connectivity index (χ3n) is 6.69. The molecule has 11 nitrogen and oxygen atoms in total. The fraction of sp³-hybridized carbons (Fsp3) is 0.0690. The maximum Gasteiger partial charge on any atom is 0.335 e. The number of aromatic carboxylic acids is 1. The maximum atomic E-state index is 13.2. The summed E-state index contributed by atoms with van der Waals surface area (Å²) in [7, 11) is 0. The van der Waals surface area contributed by atoms with Crippen molar-refractivity contribution in [2.45, 2.75) is 12.3 Å². The van der Waals surface area contributed by atoms with Gasteiger partial charge in [-0.2, -0.15) is 0 Å². The monoisotopic (exact) mass is 542 g/mol. The number of carboxylic acid groups (broad SMARTS) is 1. The standard InChI is InChI=1S/C29H18O11/c30-16-6-5-14(9-17(16)31)27-26(35)25(34)24-18(32)11-21-23(28(24)40-27)15(10-22(33)39-21)20-8-7-19(38-20)12-1-3-13(4-2-12)29(36)37/h1-9,11,15,30-32,35H,10H2,(H,36,37)/t15-/m1/s1. The van der Waals surface area contributed by atoms with Crippen molar-refractivity contribution in [1.82, 2.24) is 0 Å². The Bertz CT molecular complexity index is 1910. The summed E-state index contributed by atoms with van der Waals surface area (Å²) in [5, 5.41) is 49.7. The van der Waals surface area contributed by atoms with Crippen LogP contribution in [0.2, 0.25) is 0 Å².